The Labute approximate surface area is 108 Å². The Morgan fingerprint density at radius 3 is 2.89 bits per heavy atom. The lowest BCUT2D eigenvalue weighted by Crippen LogP contribution is -2.33. The first kappa shape index (κ1) is 13.1. The molecule has 1 saturated heterocycles. The summed E-state index contributed by atoms with van der Waals surface area (Å²) >= 11 is 0. The van der Waals surface area contributed by atoms with Crippen LogP contribution in [-0.4, -0.2) is 36.5 Å². The Kier molecular flexibility index (Phi) is 3.99. The molecule has 1 heterocycles. The predicted octanol–water partition coefficient (Wildman–Crippen LogP) is 1.27. The number of nitrogens with one attached hydrogen (secondary N) is 1. The molecule has 3 N–H and O–H groups in total. The van der Waals surface area contributed by atoms with Crippen molar-refractivity contribution in [1.82, 2.24) is 4.90 Å². The van der Waals surface area contributed by atoms with Crippen molar-refractivity contribution in [2.45, 2.75) is 26.3 Å². The SMILES string of the molecule is Cc1ccc(NC(=O)CN2CC[C@@H](N)C2)c(C)c1. The molecule has 0 bridgehead atoms. The Bertz CT molecular complexity index is 445. The van der Waals surface area contributed by atoms with E-state index in [1.165, 1.54) is 5.56 Å². The molecule has 2 rings (SSSR count). The summed E-state index contributed by atoms with van der Waals surface area (Å²) in [5.74, 6) is 0.0380. The van der Waals surface area contributed by atoms with E-state index in [9.17, 15) is 4.79 Å². The number of likely N-dealkylation sites (tertiary alicyclic amines) is 1. The molecule has 18 heavy (non-hydrogen) atoms. The van der Waals surface area contributed by atoms with Crippen LogP contribution in [0.2, 0.25) is 0 Å². The number of carbonyl (C=O) groups excluding carboxylic acids is 1. The molecule has 0 unspecified atom stereocenters. The molecule has 0 saturated carbocycles. The number of hydrogen-bond acceptors (Lipinski definition) is 3. The molecule has 1 fully saturated rings. The molecule has 98 valence electrons. The topological polar surface area (TPSA) is 58.4 Å². The number of carbonyl (C=O) groups is 1. The molecule has 1 amide bonds. The highest BCUT2D eigenvalue weighted by Gasteiger charge is 2.21. The van der Waals surface area contributed by atoms with Gasteiger partial charge in [0.1, 0.15) is 0 Å². The van der Waals surface area contributed by atoms with Crippen LogP contribution in [0.25, 0.3) is 0 Å². The van der Waals surface area contributed by atoms with Gasteiger partial charge in [0.05, 0.1) is 6.54 Å². The normalized spacial score (nSPS) is 20.1. The first-order chi connectivity index (χ1) is 8.54. The van der Waals surface area contributed by atoms with Crippen LogP contribution in [0.4, 0.5) is 5.69 Å². The van der Waals surface area contributed by atoms with Crippen LogP contribution in [0.5, 0.6) is 0 Å². The molecule has 1 atom stereocenters. The van der Waals surface area contributed by atoms with E-state index in [0.717, 1.165) is 30.8 Å². The molecule has 1 aromatic carbocycles. The minimum absolute atomic E-state index is 0.0380. The van der Waals surface area contributed by atoms with Crippen molar-refractivity contribution in [3.63, 3.8) is 0 Å². The molecule has 1 aliphatic heterocycles. The molecule has 0 spiro atoms. The van der Waals surface area contributed by atoms with E-state index in [1.807, 2.05) is 26.0 Å². The van der Waals surface area contributed by atoms with Crippen molar-refractivity contribution in [3.05, 3.63) is 29.3 Å². The van der Waals surface area contributed by atoms with Gasteiger partial charge in [0.15, 0.2) is 0 Å². The second-order valence-corrected chi connectivity index (χ2v) is 5.15. The van der Waals surface area contributed by atoms with Gasteiger partial charge in [0, 0.05) is 24.8 Å². The third kappa shape index (κ3) is 3.31. The molecule has 0 aromatic heterocycles. The van der Waals surface area contributed by atoms with Crippen molar-refractivity contribution >= 4 is 11.6 Å². The quantitative estimate of drug-likeness (QED) is 0.846. The van der Waals surface area contributed by atoms with E-state index in [1.54, 1.807) is 0 Å². The zero-order valence-corrected chi connectivity index (χ0v) is 11.1. The third-order valence-electron chi connectivity index (χ3n) is 3.33. The second kappa shape index (κ2) is 5.50. The summed E-state index contributed by atoms with van der Waals surface area (Å²) in [5.41, 5.74) is 9.02. The number of nitrogens with zero attached hydrogens (tertiary/aromatic N) is 1. The van der Waals surface area contributed by atoms with Crippen molar-refractivity contribution in [2.75, 3.05) is 25.0 Å². The summed E-state index contributed by atoms with van der Waals surface area (Å²) in [4.78, 5) is 14.0. The average molecular weight is 247 g/mol. The molecule has 1 aromatic rings. The third-order valence-corrected chi connectivity index (χ3v) is 3.33. The fourth-order valence-corrected chi connectivity index (χ4v) is 2.35. The summed E-state index contributed by atoms with van der Waals surface area (Å²) in [5, 5.41) is 2.96. The van der Waals surface area contributed by atoms with E-state index in [2.05, 4.69) is 16.3 Å². The number of anilines is 1. The van der Waals surface area contributed by atoms with Gasteiger partial charge in [-0.3, -0.25) is 9.69 Å². The fraction of sp³-hybridized carbons (Fsp3) is 0.500. The van der Waals surface area contributed by atoms with Gasteiger partial charge < -0.3 is 11.1 Å². The first-order valence-electron chi connectivity index (χ1n) is 6.39. The average Bonchev–Trinajstić information content (AvgIpc) is 2.68. The molecule has 4 nitrogen and oxygen atoms in total. The monoisotopic (exact) mass is 247 g/mol. The molecular formula is C14H21N3O. The lowest BCUT2D eigenvalue weighted by atomic mass is 10.1. The lowest BCUT2D eigenvalue weighted by Gasteiger charge is -2.15. The lowest BCUT2D eigenvalue weighted by molar-refractivity contribution is -0.117. The Morgan fingerprint density at radius 2 is 2.28 bits per heavy atom. The molecular weight excluding hydrogens is 226 g/mol. The van der Waals surface area contributed by atoms with Gasteiger partial charge >= 0.3 is 0 Å². The number of amides is 1. The smallest absolute Gasteiger partial charge is 0.238 e. The van der Waals surface area contributed by atoms with Crippen LogP contribution in [0.1, 0.15) is 17.5 Å². The standard InChI is InChI=1S/C14H21N3O/c1-10-3-4-13(11(2)7-10)16-14(18)9-17-6-5-12(15)8-17/h3-4,7,12H,5-6,8-9,15H2,1-2H3,(H,16,18)/t12-/m1/s1. The highest BCUT2D eigenvalue weighted by atomic mass is 16.2. The molecule has 1 aliphatic rings. The number of hydrogen-bond donors (Lipinski definition) is 2. The van der Waals surface area contributed by atoms with Crippen LogP contribution < -0.4 is 11.1 Å². The largest absolute Gasteiger partial charge is 0.326 e. The number of aryl methyl sites for hydroxylation is 2. The molecule has 0 aliphatic carbocycles. The van der Waals surface area contributed by atoms with E-state index in [4.69, 9.17) is 5.73 Å². The first-order valence-corrected chi connectivity index (χ1v) is 6.39. The van der Waals surface area contributed by atoms with Crippen LogP contribution >= 0.6 is 0 Å². The van der Waals surface area contributed by atoms with E-state index < -0.39 is 0 Å². The summed E-state index contributed by atoms with van der Waals surface area (Å²) in [6.45, 7) is 6.22. The zero-order valence-electron chi connectivity index (χ0n) is 11.1. The summed E-state index contributed by atoms with van der Waals surface area (Å²) in [7, 11) is 0. The molecule has 0 radical (unpaired) electrons. The zero-order chi connectivity index (χ0) is 13.1. The maximum absolute atomic E-state index is 11.9. The summed E-state index contributed by atoms with van der Waals surface area (Å²) in [6, 6.07) is 6.26. The van der Waals surface area contributed by atoms with Crippen LogP contribution in [0, 0.1) is 13.8 Å². The van der Waals surface area contributed by atoms with Crippen molar-refractivity contribution < 1.29 is 4.79 Å². The van der Waals surface area contributed by atoms with Crippen LogP contribution in [-0.2, 0) is 4.79 Å². The maximum Gasteiger partial charge on any atom is 0.238 e. The number of rotatable bonds is 3. The fourth-order valence-electron chi connectivity index (χ4n) is 2.35. The Morgan fingerprint density at radius 1 is 1.50 bits per heavy atom. The summed E-state index contributed by atoms with van der Waals surface area (Å²) < 4.78 is 0. The van der Waals surface area contributed by atoms with E-state index >= 15 is 0 Å². The van der Waals surface area contributed by atoms with Gasteiger partial charge in [-0.15, -0.1) is 0 Å². The van der Waals surface area contributed by atoms with Gasteiger partial charge in [0.25, 0.3) is 0 Å². The van der Waals surface area contributed by atoms with Gasteiger partial charge in [0.2, 0.25) is 5.91 Å². The minimum atomic E-state index is 0.0380. The highest BCUT2D eigenvalue weighted by molar-refractivity contribution is 5.93. The van der Waals surface area contributed by atoms with Crippen molar-refractivity contribution in [3.8, 4) is 0 Å². The van der Waals surface area contributed by atoms with Crippen LogP contribution in [0.3, 0.4) is 0 Å². The predicted molar refractivity (Wildman–Crippen MR) is 73.6 cm³/mol. The minimum Gasteiger partial charge on any atom is -0.326 e. The highest BCUT2D eigenvalue weighted by Crippen LogP contribution is 2.16. The van der Waals surface area contributed by atoms with Gasteiger partial charge in [-0.2, -0.15) is 0 Å². The van der Waals surface area contributed by atoms with Crippen molar-refractivity contribution in [1.29, 1.82) is 0 Å². The Hall–Kier alpha value is -1.39. The van der Waals surface area contributed by atoms with Crippen LogP contribution in [0.15, 0.2) is 18.2 Å². The van der Waals surface area contributed by atoms with Crippen molar-refractivity contribution in [2.24, 2.45) is 5.73 Å². The Balaban J connectivity index is 1.91. The summed E-state index contributed by atoms with van der Waals surface area (Å²) in [6.07, 6.45) is 0.983. The van der Waals surface area contributed by atoms with Gasteiger partial charge in [-0.1, -0.05) is 17.7 Å². The number of benzene rings is 1. The second-order valence-electron chi connectivity index (χ2n) is 5.15. The molecule has 4 heteroatoms. The van der Waals surface area contributed by atoms with E-state index in [0.29, 0.717) is 6.54 Å². The van der Waals surface area contributed by atoms with E-state index in [-0.39, 0.29) is 11.9 Å². The van der Waals surface area contributed by atoms with Gasteiger partial charge in [-0.25, -0.2) is 0 Å². The van der Waals surface area contributed by atoms with Gasteiger partial charge in [-0.05, 0) is 31.9 Å². The number of nitrogens with two attached hydrogens (primary N) is 1. The maximum atomic E-state index is 11.9.